The number of anilines is 2. The maximum atomic E-state index is 14.8. The van der Waals surface area contributed by atoms with Gasteiger partial charge >= 0.3 is 0 Å². The third-order valence-electron chi connectivity index (χ3n) is 10.0. The van der Waals surface area contributed by atoms with Crippen LogP contribution in [-0.4, -0.2) is 49.7 Å². The van der Waals surface area contributed by atoms with Gasteiger partial charge in [-0.3, -0.25) is 19.7 Å². The number of fused-ring (bicyclic) bond motifs is 2. The SMILES string of the molecule is COc1ccc([Si](C)(C)[C@@H]2[C@@H](CCO)O[C@]3(C(=O)N(Cc4ccc(NC(=O)c5ccccc5)cc4)c4ccc([N+](=O)[O-])cc43)[C@H]2C)cc1. The van der Waals surface area contributed by atoms with Crippen LogP contribution in [0.15, 0.2) is 97.1 Å². The van der Waals surface area contributed by atoms with E-state index in [1.165, 1.54) is 12.1 Å². The van der Waals surface area contributed by atoms with Crippen LogP contribution in [0.2, 0.25) is 18.6 Å². The number of carbonyl (C=O) groups excluding carboxylic acids is 2. The van der Waals surface area contributed by atoms with E-state index in [4.69, 9.17) is 9.47 Å². The highest BCUT2D eigenvalue weighted by Gasteiger charge is 2.66. The molecule has 0 aromatic heterocycles. The number of ether oxygens (including phenoxy) is 2. The lowest BCUT2D eigenvalue weighted by Crippen LogP contribution is -2.51. The summed E-state index contributed by atoms with van der Waals surface area (Å²) in [6.45, 7) is 6.57. The Balaban J connectivity index is 1.35. The summed E-state index contributed by atoms with van der Waals surface area (Å²) >= 11 is 0. The van der Waals surface area contributed by atoms with E-state index < -0.39 is 24.7 Å². The summed E-state index contributed by atoms with van der Waals surface area (Å²) < 4.78 is 12.2. The number of nitro groups is 1. The standard InChI is InChI=1S/C37H39N3O7Si/c1-24-34(48(3,4)30-17-15-29(46-2)16-18-30)33(20-21-41)47-37(24)31-22-28(40(44)45)14-19-32(31)39(36(37)43)23-25-10-12-27(13-11-25)38-35(42)26-8-6-5-7-9-26/h5-19,22,24,33-34,41H,20-21,23H2,1-4H3,(H,38,42)/t24-,33+,34-,37+/m0/s1. The van der Waals surface area contributed by atoms with E-state index in [0.29, 0.717) is 28.9 Å². The molecule has 6 rings (SSSR count). The zero-order chi connectivity index (χ0) is 34.2. The normalized spacial score (nSPS) is 21.7. The first-order valence-electron chi connectivity index (χ1n) is 16.0. The van der Waals surface area contributed by atoms with Crippen molar-refractivity contribution in [1.29, 1.82) is 0 Å². The van der Waals surface area contributed by atoms with Gasteiger partial charge in [-0.05, 0) is 60.0 Å². The summed E-state index contributed by atoms with van der Waals surface area (Å²) in [5.74, 6) is -0.114. The molecule has 1 fully saturated rings. The highest BCUT2D eigenvalue weighted by Crippen LogP contribution is 2.60. The van der Waals surface area contributed by atoms with Crippen molar-refractivity contribution in [3.8, 4) is 5.75 Å². The molecule has 4 aromatic carbocycles. The molecule has 0 aliphatic carbocycles. The molecule has 2 amide bonds. The zero-order valence-corrected chi connectivity index (χ0v) is 28.4. The Morgan fingerprint density at radius 1 is 1.04 bits per heavy atom. The molecule has 11 heteroatoms. The van der Waals surface area contributed by atoms with E-state index in [1.807, 2.05) is 37.3 Å². The molecule has 2 N–H and O–H groups in total. The second-order valence-electron chi connectivity index (χ2n) is 13.0. The summed E-state index contributed by atoms with van der Waals surface area (Å²) in [6.07, 6.45) is -0.117. The van der Waals surface area contributed by atoms with Crippen LogP contribution in [0.1, 0.15) is 34.8 Å². The van der Waals surface area contributed by atoms with E-state index >= 15 is 0 Å². The van der Waals surface area contributed by atoms with Gasteiger partial charge < -0.3 is 24.8 Å². The molecular formula is C37H39N3O7Si. The molecule has 0 unspecified atom stereocenters. The van der Waals surface area contributed by atoms with Gasteiger partial charge in [0.15, 0.2) is 5.60 Å². The van der Waals surface area contributed by atoms with Crippen LogP contribution in [0.3, 0.4) is 0 Å². The first kappa shape index (κ1) is 33.1. The number of nitro benzene ring substituents is 1. The average molecular weight is 666 g/mol. The number of hydrogen-bond acceptors (Lipinski definition) is 7. The first-order chi connectivity index (χ1) is 23.0. The minimum Gasteiger partial charge on any atom is -0.497 e. The van der Waals surface area contributed by atoms with Gasteiger partial charge in [0.2, 0.25) is 0 Å². The lowest BCUT2D eigenvalue weighted by Gasteiger charge is -2.37. The van der Waals surface area contributed by atoms with E-state index in [2.05, 4.69) is 30.5 Å². The molecule has 1 spiro atoms. The smallest absolute Gasteiger partial charge is 0.269 e. The Morgan fingerprint density at radius 2 is 1.73 bits per heavy atom. The first-order valence-corrected chi connectivity index (χ1v) is 19.1. The largest absolute Gasteiger partial charge is 0.497 e. The van der Waals surface area contributed by atoms with Gasteiger partial charge in [-0.25, -0.2) is 0 Å². The van der Waals surface area contributed by atoms with Crippen molar-refractivity contribution in [2.75, 3.05) is 23.9 Å². The topological polar surface area (TPSA) is 131 Å². The number of non-ortho nitro benzene ring substituents is 1. The molecule has 0 saturated carbocycles. The van der Waals surface area contributed by atoms with Crippen LogP contribution >= 0.6 is 0 Å². The number of methoxy groups -OCH3 is 1. The Labute approximate surface area is 280 Å². The van der Waals surface area contributed by atoms with Crippen molar-refractivity contribution < 1.29 is 29.1 Å². The number of hydrogen-bond donors (Lipinski definition) is 2. The fourth-order valence-electron chi connectivity index (χ4n) is 7.64. The number of amides is 2. The second-order valence-corrected chi connectivity index (χ2v) is 17.7. The number of rotatable bonds is 10. The monoisotopic (exact) mass is 665 g/mol. The molecular weight excluding hydrogens is 627 g/mol. The lowest BCUT2D eigenvalue weighted by molar-refractivity contribution is -0.385. The molecule has 10 nitrogen and oxygen atoms in total. The third kappa shape index (κ3) is 5.67. The molecule has 2 aliphatic heterocycles. The van der Waals surface area contributed by atoms with Crippen molar-refractivity contribution in [3.63, 3.8) is 0 Å². The molecule has 4 aromatic rings. The number of nitrogens with one attached hydrogen (secondary N) is 1. The Bertz CT molecular complexity index is 1830. The predicted molar refractivity (Wildman–Crippen MR) is 186 cm³/mol. The molecule has 48 heavy (non-hydrogen) atoms. The third-order valence-corrected chi connectivity index (χ3v) is 14.4. The van der Waals surface area contributed by atoms with E-state index in [9.17, 15) is 24.8 Å². The van der Waals surface area contributed by atoms with Crippen molar-refractivity contribution in [1.82, 2.24) is 0 Å². The molecule has 248 valence electrons. The van der Waals surface area contributed by atoms with Gasteiger partial charge in [0.25, 0.3) is 17.5 Å². The maximum Gasteiger partial charge on any atom is 0.269 e. The van der Waals surface area contributed by atoms with Crippen LogP contribution in [-0.2, 0) is 21.7 Å². The van der Waals surface area contributed by atoms with E-state index in [0.717, 1.165) is 16.5 Å². The summed E-state index contributed by atoms with van der Waals surface area (Å²) in [5, 5.41) is 26.2. The quantitative estimate of drug-likeness (QED) is 0.121. The fourth-order valence-corrected chi connectivity index (χ4v) is 11.7. The highest BCUT2D eigenvalue weighted by molar-refractivity contribution is 6.91. The molecule has 1 saturated heterocycles. The Hall–Kier alpha value is -4.84. The summed E-state index contributed by atoms with van der Waals surface area (Å²) in [6, 6.07) is 28.7. The Morgan fingerprint density at radius 3 is 2.35 bits per heavy atom. The second kappa shape index (κ2) is 13.0. The highest BCUT2D eigenvalue weighted by atomic mass is 28.3. The molecule has 0 radical (unpaired) electrons. The van der Waals surface area contributed by atoms with Crippen LogP contribution in [0.4, 0.5) is 17.1 Å². The van der Waals surface area contributed by atoms with Gasteiger partial charge in [-0.15, -0.1) is 0 Å². The number of benzene rings is 4. The summed E-state index contributed by atoms with van der Waals surface area (Å²) in [7, 11) is -0.774. The average Bonchev–Trinajstić information content (AvgIpc) is 3.52. The molecule has 2 heterocycles. The van der Waals surface area contributed by atoms with Crippen LogP contribution in [0.5, 0.6) is 5.75 Å². The Kier molecular flexibility index (Phi) is 8.95. The van der Waals surface area contributed by atoms with E-state index in [1.54, 1.807) is 54.5 Å². The predicted octanol–water partition coefficient (Wildman–Crippen LogP) is 6.00. The van der Waals surface area contributed by atoms with Crippen molar-refractivity contribution >= 4 is 42.1 Å². The summed E-state index contributed by atoms with van der Waals surface area (Å²) in [4.78, 5) is 40.6. The minimum atomic E-state index is -2.40. The maximum absolute atomic E-state index is 14.8. The van der Waals surface area contributed by atoms with Crippen LogP contribution in [0, 0.1) is 16.0 Å². The summed E-state index contributed by atoms with van der Waals surface area (Å²) in [5.41, 5.74) is 1.32. The van der Waals surface area contributed by atoms with Crippen molar-refractivity contribution in [2.45, 2.75) is 50.2 Å². The molecule has 2 aliphatic rings. The van der Waals surface area contributed by atoms with Gasteiger partial charge in [0, 0.05) is 41.5 Å². The number of carbonyl (C=O) groups is 2. The van der Waals surface area contributed by atoms with Gasteiger partial charge in [-0.1, -0.05) is 67.7 Å². The number of aliphatic hydroxyl groups is 1. The lowest BCUT2D eigenvalue weighted by atomic mass is 9.82. The van der Waals surface area contributed by atoms with Gasteiger partial charge in [0.05, 0.1) is 38.4 Å². The number of nitrogens with zero attached hydrogens (tertiary/aromatic N) is 2. The van der Waals surface area contributed by atoms with Crippen LogP contribution < -0.4 is 20.1 Å². The van der Waals surface area contributed by atoms with Crippen molar-refractivity contribution in [3.05, 3.63) is 124 Å². The van der Waals surface area contributed by atoms with E-state index in [-0.39, 0.29) is 42.1 Å². The molecule has 0 bridgehead atoms. The van der Waals surface area contributed by atoms with Crippen molar-refractivity contribution in [2.24, 2.45) is 5.92 Å². The molecule has 4 atom stereocenters. The zero-order valence-electron chi connectivity index (χ0n) is 27.4. The van der Waals surface area contributed by atoms with Crippen LogP contribution in [0.25, 0.3) is 0 Å². The number of aliphatic hydroxyl groups excluding tert-OH is 1. The minimum absolute atomic E-state index is 0.0958. The fraction of sp³-hybridized carbons (Fsp3) is 0.297. The van der Waals surface area contributed by atoms with Gasteiger partial charge in [-0.2, -0.15) is 0 Å². The van der Waals surface area contributed by atoms with Gasteiger partial charge in [0.1, 0.15) is 5.75 Å².